The van der Waals surface area contributed by atoms with Crippen LogP contribution in [0.4, 0.5) is 0 Å². The maximum absolute atomic E-state index is 6.41. The number of hydrogen-bond donors (Lipinski definition) is 1. The van der Waals surface area contributed by atoms with Crippen molar-refractivity contribution in [3.05, 3.63) is 35.4 Å². The van der Waals surface area contributed by atoms with Gasteiger partial charge in [0.25, 0.3) is 0 Å². The second kappa shape index (κ2) is 6.18. The molecule has 0 bridgehead atoms. The van der Waals surface area contributed by atoms with Crippen molar-refractivity contribution in [2.75, 3.05) is 13.1 Å². The van der Waals surface area contributed by atoms with Crippen LogP contribution in [0.1, 0.15) is 38.8 Å². The van der Waals surface area contributed by atoms with Crippen molar-refractivity contribution >= 4 is 0 Å². The molecule has 17 heavy (non-hydrogen) atoms. The summed E-state index contributed by atoms with van der Waals surface area (Å²) in [6.07, 6.45) is 1.99. The SMILES string of the molecule is CCc1ccc(CC(C)(N)N(CC)CC)cc1. The third-order valence-electron chi connectivity index (χ3n) is 3.48. The Labute approximate surface area is 106 Å². The van der Waals surface area contributed by atoms with Crippen LogP contribution in [0.2, 0.25) is 0 Å². The topological polar surface area (TPSA) is 29.3 Å². The zero-order valence-electron chi connectivity index (χ0n) is 11.7. The van der Waals surface area contributed by atoms with Crippen LogP contribution in [0, 0.1) is 0 Å². The number of benzene rings is 1. The van der Waals surface area contributed by atoms with Gasteiger partial charge in [-0.2, -0.15) is 0 Å². The quantitative estimate of drug-likeness (QED) is 0.767. The van der Waals surface area contributed by atoms with Gasteiger partial charge < -0.3 is 5.73 Å². The zero-order chi connectivity index (χ0) is 12.9. The normalized spacial score (nSPS) is 14.9. The van der Waals surface area contributed by atoms with E-state index in [4.69, 9.17) is 5.73 Å². The van der Waals surface area contributed by atoms with Gasteiger partial charge in [-0.1, -0.05) is 45.0 Å². The molecule has 1 aromatic rings. The Morgan fingerprint density at radius 1 is 1.00 bits per heavy atom. The van der Waals surface area contributed by atoms with E-state index >= 15 is 0 Å². The lowest BCUT2D eigenvalue weighted by molar-refractivity contribution is 0.123. The maximum atomic E-state index is 6.41. The lowest BCUT2D eigenvalue weighted by Gasteiger charge is -2.37. The lowest BCUT2D eigenvalue weighted by Crippen LogP contribution is -2.55. The first-order valence-electron chi connectivity index (χ1n) is 6.65. The van der Waals surface area contributed by atoms with E-state index in [0.29, 0.717) is 0 Å². The highest BCUT2D eigenvalue weighted by molar-refractivity contribution is 5.23. The summed E-state index contributed by atoms with van der Waals surface area (Å²) in [5.74, 6) is 0. The highest BCUT2D eigenvalue weighted by Crippen LogP contribution is 2.16. The standard InChI is InChI=1S/C15H26N2/c1-5-13-8-10-14(11-9-13)12-15(4,16)17(6-2)7-3/h8-11H,5-7,12,16H2,1-4H3. The molecule has 0 saturated heterocycles. The lowest BCUT2D eigenvalue weighted by atomic mass is 9.99. The van der Waals surface area contributed by atoms with Gasteiger partial charge >= 0.3 is 0 Å². The minimum Gasteiger partial charge on any atom is -0.313 e. The molecule has 0 aliphatic heterocycles. The summed E-state index contributed by atoms with van der Waals surface area (Å²) in [7, 11) is 0. The van der Waals surface area contributed by atoms with E-state index in [2.05, 4.69) is 56.9 Å². The van der Waals surface area contributed by atoms with Crippen LogP contribution >= 0.6 is 0 Å². The van der Waals surface area contributed by atoms with Gasteiger partial charge in [-0.05, 0) is 37.6 Å². The molecule has 0 saturated carbocycles. The largest absolute Gasteiger partial charge is 0.313 e. The van der Waals surface area contributed by atoms with E-state index in [1.807, 2.05) is 0 Å². The molecule has 0 aliphatic carbocycles. The predicted molar refractivity (Wildman–Crippen MR) is 75.0 cm³/mol. The Kier molecular flexibility index (Phi) is 5.16. The summed E-state index contributed by atoms with van der Waals surface area (Å²) in [5.41, 5.74) is 8.86. The summed E-state index contributed by atoms with van der Waals surface area (Å²) in [6, 6.07) is 8.81. The summed E-state index contributed by atoms with van der Waals surface area (Å²) in [6.45, 7) is 10.6. The van der Waals surface area contributed by atoms with Crippen molar-refractivity contribution in [3.63, 3.8) is 0 Å². The van der Waals surface area contributed by atoms with Crippen LogP contribution in [0.25, 0.3) is 0 Å². The highest BCUT2D eigenvalue weighted by Gasteiger charge is 2.24. The molecule has 0 aromatic heterocycles. The van der Waals surface area contributed by atoms with E-state index in [0.717, 1.165) is 25.9 Å². The van der Waals surface area contributed by atoms with Crippen LogP contribution in [0.5, 0.6) is 0 Å². The molecule has 2 N–H and O–H groups in total. The van der Waals surface area contributed by atoms with Crippen molar-refractivity contribution in [3.8, 4) is 0 Å². The van der Waals surface area contributed by atoms with Gasteiger partial charge in [0, 0.05) is 6.42 Å². The number of likely N-dealkylation sites (N-methyl/N-ethyl adjacent to an activating group) is 1. The third-order valence-corrected chi connectivity index (χ3v) is 3.48. The number of nitrogens with zero attached hydrogens (tertiary/aromatic N) is 1. The summed E-state index contributed by atoms with van der Waals surface area (Å²) < 4.78 is 0. The second-order valence-electron chi connectivity index (χ2n) is 4.88. The third kappa shape index (κ3) is 3.83. The summed E-state index contributed by atoms with van der Waals surface area (Å²) in [4.78, 5) is 2.31. The second-order valence-corrected chi connectivity index (χ2v) is 4.88. The molecule has 2 nitrogen and oxygen atoms in total. The minimum absolute atomic E-state index is 0.253. The van der Waals surface area contributed by atoms with Gasteiger partial charge in [-0.3, -0.25) is 4.90 Å². The molecule has 0 aliphatic rings. The fraction of sp³-hybridized carbons (Fsp3) is 0.600. The molecular weight excluding hydrogens is 208 g/mol. The van der Waals surface area contributed by atoms with Crippen molar-refractivity contribution in [1.29, 1.82) is 0 Å². The number of hydrogen-bond acceptors (Lipinski definition) is 2. The minimum atomic E-state index is -0.253. The van der Waals surface area contributed by atoms with Gasteiger partial charge in [0.2, 0.25) is 0 Å². The predicted octanol–water partition coefficient (Wildman–Crippen LogP) is 2.81. The van der Waals surface area contributed by atoms with Gasteiger partial charge in [-0.15, -0.1) is 0 Å². The van der Waals surface area contributed by atoms with Gasteiger partial charge in [0.1, 0.15) is 0 Å². The molecule has 1 unspecified atom stereocenters. The Morgan fingerprint density at radius 2 is 1.47 bits per heavy atom. The Morgan fingerprint density at radius 3 is 1.88 bits per heavy atom. The molecule has 0 spiro atoms. The molecule has 0 amide bonds. The van der Waals surface area contributed by atoms with E-state index in [-0.39, 0.29) is 5.66 Å². The maximum Gasteiger partial charge on any atom is 0.0699 e. The summed E-state index contributed by atoms with van der Waals surface area (Å²) >= 11 is 0. The van der Waals surface area contributed by atoms with Gasteiger partial charge in [0.05, 0.1) is 5.66 Å². The Balaban J connectivity index is 2.74. The average Bonchev–Trinajstić information content (AvgIpc) is 2.30. The number of aryl methyl sites for hydroxylation is 1. The van der Waals surface area contributed by atoms with Crippen LogP contribution in [0.3, 0.4) is 0 Å². The number of rotatable bonds is 6. The average molecular weight is 234 g/mol. The van der Waals surface area contributed by atoms with Crippen molar-refractivity contribution in [2.45, 2.75) is 46.2 Å². The van der Waals surface area contributed by atoms with Crippen LogP contribution in [-0.2, 0) is 12.8 Å². The Hall–Kier alpha value is -0.860. The molecule has 0 fully saturated rings. The zero-order valence-corrected chi connectivity index (χ0v) is 11.7. The molecule has 0 radical (unpaired) electrons. The first-order chi connectivity index (χ1) is 8.03. The monoisotopic (exact) mass is 234 g/mol. The van der Waals surface area contributed by atoms with E-state index in [1.165, 1.54) is 11.1 Å². The van der Waals surface area contributed by atoms with Crippen LogP contribution in [0.15, 0.2) is 24.3 Å². The highest BCUT2D eigenvalue weighted by atomic mass is 15.3. The molecule has 2 heteroatoms. The molecular formula is C15H26N2. The molecule has 1 aromatic carbocycles. The molecule has 0 heterocycles. The van der Waals surface area contributed by atoms with E-state index in [9.17, 15) is 0 Å². The summed E-state index contributed by atoms with van der Waals surface area (Å²) in [5, 5.41) is 0. The smallest absolute Gasteiger partial charge is 0.0699 e. The van der Waals surface area contributed by atoms with Crippen molar-refractivity contribution in [2.24, 2.45) is 5.73 Å². The Bertz CT molecular complexity index is 323. The van der Waals surface area contributed by atoms with E-state index < -0.39 is 0 Å². The van der Waals surface area contributed by atoms with Crippen molar-refractivity contribution < 1.29 is 0 Å². The first-order valence-corrected chi connectivity index (χ1v) is 6.65. The van der Waals surface area contributed by atoms with E-state index in [1.54, 1.807) is 0 Å². The van der Waals surface area contributed by atoms with Gasteiger partial charge in [-0.25, -0.2) is 0 Å². The number of nitrogens with two attached hydrogens (primary N) is 1. The van der Waals surface area contributed by atoms with Crippen molar-refractivity contribution in [1.82, 2.24) is 4.90 Å². The van der Waals surface area contributed by atoms with Crippen LogP contribution in [-0.4, -0.2) is 23.7 Å². The molecule has 1 atom stereocenters. The van der Waals surface area contributed by atoms with Crippen LogP contribution < -0.4 is 5.73 Å². The fourth-order valence-electron chi connectivity index (χ4n) is 2.36. The first kappa shape index (κ1) is 14.2. The fourth-order valence-corrected chi connectivity index (χ4v) is 2.36. The molecule has 96 valence electrons. The molecule has 1 rings (SSSR count). The van der Waals surface area contributed by atoms with Gasteiger partial charge in [0.15, 0.2) is 0 Å².